The zero-order valence-electron chi connectivity index (χ0n) is 11.9. The number of halogens is 1. The fourth-order valence-electron chi connectivity index (χ4n) is 2.65. The molecular formula is C17H19FN2O. The Kier molecular flexibility index (Phi) is 4.46. The average Bonchev–Trinajstić information content (AvgIpc) is 2.52. The third-order valence-electron chi connectivity index (χ3n) is 3.82. The van der Waals surface area contributed by atoms with E-state index in [2.05, 4.69) is 9.88 Å². The third-order valence-corrected chi connectivity index (χ3v) is 3.82. The van der Waals surface area contributed by atoms with Gasteiger partial charge in [0.05, 0.1) is 0 Å². The minimum absolute atomic E-state index is 0.107. The molecule has 2 aromatic rings. The number of rotatable bonds is 4. The first-order chi connectivity index (χ1) is 10.3. The number of para-hydroxylation sites is 1. The Morgan fingerprint density at radius 2 is 1.81 bits per heavy atom. The molecule has 21 heavy (non-hydrogen) atoms. The van der Waals surface area contributed by atoms with Crippen LogP contribution in [0.4, 0.5) is 4.39 Å². The molecule has 0 N–H and O–H groups in total. The lowest BCUT2D eigenvalue weighted by Gasteiger charge is -2.32. The van der Waals surface area contributed by atoms with Gasteiger partial charge in [-0.3, -0.25) is 9.88 Å². The van der Waals surface area contributed by atoms with Gasteiger partial charge in [0.25, 0.3) is 0 Å². The topological polar surface area (TPSA) is 25.4 Å². The van der Waals surface area contributed by atoms with E-state index in [-0.39, 0.29) is 11.9 Å². The fourth-order valence-corrected chi connectivity index (χ4v) is 2.65. The molecule has 0 unspecified atom stereocenters. The lowest BCUT2D eigenvalue weighted by atomic mass is 10.1. The summed E-state index contributed by atoms with van der Waals surface area (Å²) in [6.07, 6.45) is 5.61. The van der Waals surface area contributed by atoms with Gasteiger partial charge in [0, 0.05) is 32.0 Å². The second-order valence-corrected chi connectivity index (χ2v) is 5.38. The average molecular weight is 286 g/mol. The van der Waals surface area contributed by atoms with Crippen molar-refractivity contribution >= 4 is 0 Å². The molecule has 1 aliphatic heterocycles. The minimum atomic E-state index is -0.281. The smallest absolute Gasteiger partial charge is 0.165 e. The maximum Gasteiger partial charge on any atom is 0.165 e. The first kappa shape index (κ1) is 14.0. The monoisotopic (exact) mass is 286 g/mol. The van der Waals surface area contributed by atoms with Crippen molar-refractivity contribution in [1.82, 2.24) is 9.88 Å². The van der Waals surface area contributed by atoms with E-state index in [0.29, 0.717) is 5.75 Å². The van der Waals surface area contributed by atoms with Gasteiger partial charge in [-0.15, -0.1) is 0 Å². The van der Waals surface area contributed by atoms with E-state index >= 15 is 0 Å². The van der Waals surface area contributed by atoms with E-state index in [0.717, 1.165) is 32.5 Å². The van der Waals surface area contributed by atoms with Gasteiger partial charge in [-0.2, -0.15) is 0 Å². The van der Waals surface area contributed by atoms with Crippen LogP contribution in [0.1, 0.15) is 18.4 Å². The number of pyridine rings is 1. The zero-order chi connectivity index (χ0) is 14.5. The van der Waals surface area contributed by atoms with E-state index in [1.54, 1.807) is 18.2 Å². The van der Waals surface area contributed by atoms with Crippen LogP contribution in [0.3, 0.4) is 0 Å². The molecule has 1 fully saturated rings. The first-order valence-corrected chi connectivity index (χ1v) is 7.34. The van der Waals surface area contributed by atoms with Crippen molar-refractivity contribution in [3.8, 4) is 5.75 Å². The summed E-state index contributed by atoms with van der Waals surface area (Å²) in [5.74, 6) is 0.0850. The number of nitrogens with zero attached hydrogens (tertiary/aromatic N) is 2. The van der Waals surface area contributed by atoms with Crippen LogP contribution >= 0.6 is 0 Å². The molecule has 110 valence electrons. The van der Waals surface area contributed by atoms with Crippen molar-refractivity contribution in [2.75, 3.05) is 13.1 Å². The molecule has 0 spiro atoms. The van der Waals surface area contributed by atoms with Crippen molar-refractivity contribution in [3.63, 3.8) is 0 Å². The predicted octanol–water partition coefficient (Wildman–Crippen LogP) is 3.26. The minimum Gasteiger partial charge on any atom is -0.487 e. The van der Waals surface area contributed by atoms with Gasteiger partial charge in [-0.05, 0) is 42.7 Å². The molecule has 1 saturated heterocycles. The van der Waals surface area contributed by atoms with Crippen LogP contribution in [0.25, 0.3) is 0 Å². The molecule has 1 aromatic carbocycles. The molecule has 0 radical (unpaired) electrons. The Balaban J connectivity index is 1.50. The molecule has 4 heteroatoms. The summed E-state index contributed by atoms with van der Waals surface area (Å²) in [5.41, 5.74) is 1.28. The van der Waals surface area contributed by atoms with Crippen LogP contribution < -0.4 is 4.74 Å². The number of benzene rings is 1. The maximum absolute atomic E-state index is 13.6. The Hall–Kier alpha value is -1.94. The molecule has 0 atom stereocenters. The van der Waals surface area contributed by atoms with Gasteiger partial charge < -0.3 is 4.74 Å². The van der Waals surface area contributed by atoms with Crippen LogP contribution in [0, 0.1) is 5.82 Å². The standard InChI is InChI=1S/C17H19FN2O/c18-16-3-1-2-4-17(16)21-15-7-11-20(12-8-15)13-14-5-9-19-10-6-14/h1-6,9-10,15H,7-8,11-13H2. The Bertz CT molecular complexity index is 568. The molecule has 1 aliphatic rings. The number of hydrogen-bond donors (Lipinski definition) is 0. The second-order valence-electron chi connectivity index (χ2n) is 5.38. The Morgan fingerprint density at radius 1 is 1.10 bits per heavy atom. The number of hydrogen-bond acceptors (Lipinski definition) is 3. The van der Waals surface area contributed by atoms with Gasteiger partial charge in [-0.1, -0.05) is 12.1 Å². The number of piperidine rings is 1. The predicted molar refractivity (Wildman–Crippen MR) is 79.6 cm³/mol. The number of ether oxygens (including phenoxy) is 1. The van der Waals surface area contributed by atoms with E-state index in [9.17, 15) is 4.39 Å². The van der Waals surface area contributed by atoms with E-state index in [4.69, 9.17) is 4.74 Å². The molecule has 3 nitrogen and oxygen atoms in total. The molecule has 3 rings (SSSR count). The van der Waals surface area contributed by atoms with Crippen LogP contribution in [-0.2, 0) is 6.54 Å². The summed E-state index contributed by atoms with van der Waals surface area (Å²) >= 11 is 0. The SMILES string of the molecule is Fc1ccccc1OC1CCN(Cc2ccncc2)CC1. The summed E-state index contributed by atoms with van der Waals surface area (Å²) in [6, 6.07) is 10.7. The highest BCUT2D eigenvalue weighted by atomic mass is 19.1. The van der Waals surface area contributed by atoms with Crippen LogP contribution in [0.5, 0.6) is 5.75 Å². The lowest BCUT2D eigenvalue weighted by Crippen LogP contribution is -2.37. The number of aromatic nitrogens is 1. The first-order valence-electron chi connectivity index (χ1n) is 7.34. The summed E-state index contributed by atoms with van der Waals surface area (Å²) in [6.45, 7) is 2.89. The molecule has 0 aliphatic carbocycles. The third kappa shape index (κ3) is 3.79. The maximum atomic E-state index is 13.6. The van der Waals surface area contributed by atoms with E-state index < -0.39 is 0 Å². The van der Waals surface area contributed by atoms with Crippen molar-refractivity contribution in [2.45, 2.75) is 25.5 Å². The second kappa shape index (κ2) is 6.68. The zero-order valence-corrected chi connectivity index (χ0v) is 11.9. The molecule has 0 saturated carbocycles. The van der Waals surface area contributed by atoms with Crippen molar-refractivity contribution in [1.29, 1.82) is 0 Å². The Labute approximate surface area is 124 Å². The number of likely N-dealkylation sites (tertiary alicyclic amines) is 1. The molecular weight excluding hydrogens is 267 g/mol. The molecule has 2 heterocycles. The van der Waals surface area contributed by atoms with Crippen LogP contribution in [0.2, 0.25) is 0 Å². The molecule has 1 aromatic heterocycles. The Morgan fingerprint density at radius 3 is 2.52 bits per heavy atom. The summed E-state index contributed by atoms with van der Waals surface area (Å²) in [4.78, 5) is 6.43. The van der Waals surface area contributed by atoms with Crippen LogP contribution in [0.15, 0.2) is 48.8 Å². The van der Waals surface area contributed by atoms with Gasteiger partial charge in [0.15, 0.2) is 11.6 Å². The van der Waals surface area contributed by atoms with Crippen molar-refractivity contribution < 1.29 is 9.13 Å². The van der Waals surface area contributed by atoms with Gasteiger partial charge in [0.1, 0.15) is 6.10 Å². The highest BCUT2D eigenvalue weighted by molar-refractivity contribution is 5.24. The summed E-state index contributed by atoms with van der Waals surface area (Å²) in [7, 11) is 0. The van der Waals surface area contributed by atoms with E-state index in [1.807, 2.05) is 24.5 Å². The molecule has 0 amide bonds. The van der Waals surface area contributed by atoms with Gasteiger partial charge in [-0.25, -0.2) is 4.39 Å². The molecule has 0 bridgehead atoms. The van der Waals surface area contributed by atoms with Gasteiger partial charge >= 0.3 is 0 Å². The highest BCUT2D eigenvalue weighted by Gasteiger charge is 2.21. The lowest BCUT2D eigenvalue weighted by molar-refractivity contribution is 0.0935. The van der Waals surface area contributed by atoms with Gasteiger partial charge in [0.2, 0.25) is 0 Å². The largest absolute Gasteiger partial charge is 0.487 e. The van der Waals surface area contributed by atoms with E-state index in [1.165, 1.54) is 11.6 Å². The van der Waals surface area contributed by atoms with Crippen LogP contribution in [-0.4, -0.2) is 29.1 Å². The quantitative estimate of drug-likeness (QED) is 0.862. The fraction of sp³-hybridized carbons (Fsp3) is 0.353. The summed E-state index contributed by atoms with van der Waals surface area (Å²) in [5, 5.41) is 0. The van der Waals surface area contributed by atoms with Crippen molar-refractivity contribution in [2.24, 2.45) is 0 Å². The van der Waals surface area contributed by atoms with Crippen molar-refractivity contribution in [3.05, 3.63) is 60.2 Å². The summed E-state index contributed by atoms with van der Waals surface area (Å²) < 4.78 is 19.3. The normalized spacial score (nSPS) is 16.8. The highest BCUT2D eigenvalue weighted by Crippen LogP contribution is 2.22.